The molecule has 1 saturated heterocycles. The number of hydrogen-bond donors (Lipinski definition) is 0. The van der Waals surface area contributed by atoms with E-state index in [0.29, 0.717) is 18.8 Å². The van der Waals surface area contributed by atoms with Crippen molar-refractivity contribution in [3.63, 3.8) is 0 Å². The fraction of sp³-hybridized carbons (Fsp3) is 0.583. The van der Waals surface area contributed by atoms with Gasteiger partial charge in [-0.15, -0.1) is 10.2 Å². The number of halogens is 1. The predicted molar refractivity (Wildman–Crippen MR) is 67.6 cm³/mol. The zero-order chi connectivity index (χ0) is 13.0. The minimum Gasteiger partial charge on any atom is -0.376 e. The molecule has 0 aromatic carbocycles. The van der Waals surface area contributed by atoms with Crippen LogP contribution in [0.25, 0.3) is 0 Å². The lowest BCUT2D eigenvalue weighted by molar-refractivity contribution is 0.0534. The van der Waals surface area contributed by atoms with E-state index in [-0.39, 0.29) is 17.2 Å². The number of likely N-dealkylation sites (N-methyl/N-ethyl adjacent to an activating group) is 1. The van der Waals surface area contributed by atoms with Crippen molar-refractivity contribution in [1.82, 2.24) is 15.1 Å². The largest absolute Gasteiger partial charge is 0.376 e. The van der Waals surface area contributed by atoms with Crippen LogP contribution in [0, 0.1) is 0 Å². The molecule has 0 N–H and O–H groups in total. The summed E-state index contributed by atoms with van der Waals surface area (Å²) in [5, 5.41) is 7.78. The summed E-state index contributed by atoms with van der Waals surface area (Å²) in [6, 6.07) is 3.16. The quantitative estimate of drug-likeness (QED) is 0.836. The molecule has 0 saturated carbocycles. The maximum atomic E-state index is 12.2. The summed E-state index contributed by atoms with van der Waals surface area (Å²) in [5.41, 5.74) is 0.319. The lowest BCUT2D eigenvalue weighted by Crippen LogP contribution is -2.37. The maximum absolute atomic E-state index is 12.2. The molecule has 6 heteroatoms. The number of aromatic nitrogens is 2. The summed E-state index contributed by atoms with van der Waals surface area (Å²) in [5.74, 6) is -0.128. The zero-order valence-electron chi connectivity index (χ0n) is 10.3. The van der Waals surface area contributed by atoms with Crippen molar-refractivity contribution < 1.29 is 9.53 Å². The molecule has 2 heterocycles. The van der Waals surface area contributed by atoms with E-state index >= 15 is 0 Å². The van der Waals surface area contributed by atoms with Crippen molar-refractivity contribution in [2.75, 3.05) is 19.7 Å². The standard InChI is InChI=1S/C12H16ClN3O2/c1-2-16(8-9-4-3-7-18-9)12(17)10-5-6-11(13)15-14-10/h5-6,9H,2-4,7-8H2,1H3. The van der Waals surface area contributed by atoms with Crippen molar-refractivity contribution in [3.8, 4) is 0 Å². The minimum absolute atomic E-state index is 0.128. The van der Waals surface area contributed by atoms with E-state index in [1.54, 1.807) is 17.0 Å². The van der Waals surface area contributed by atoms with Crippen LogP contribution in [0.15, 0.2) is 12.1 Å². The smallest absolute Gasteiger partial charge is 0.274 e. The molecule has 18 heavy (non-hydrogen) atoms. The van der Waals surface area contributed by atoms with Gasteiger partial charge in [0.15, 0.2) is 10.8 Å². The van der Waals surface area contributed by atoms with E-state index in [1.165, 1.54) is 0 Å². The molecular weight excluding hydrogens is 254 g/mol. The fourth-order valence-electron chi connectivity index (χ4n) is 1.98. The molecule has 98 valence electrons. The SMILES string of the molecule is CCN(CC1CCCO1)C(=O)c1ccc(Cl)nn1. The second-order valence-corrected chi connectivity index (χ2v) is 4.61. The highest BCUT2D eigenvalue weighted by Gasteiger charge is 2.23. The number of rotatable bonds is 4. The summed E-state index contributed by atoms with van der Waals surface area (Å²) in [7, 11) is 0. The second kappa shape index (κ2) is 6.11. The van der Waals surface area contributed by atoms with Gasteiger partial charge < -0.3 is 9.64 Å². The molecule has 2 rings (SSSR count). The number of amides is 1. The molecule has 1 aromatic heterocycles. The van der Waals surface area contributed by atoms with Crippen LogP contribution in [-0.2, 0) is 4.74 Å². The van der Waals surface area contributed by atoms with Gasteiger partial charge in [0.05, 0.1) is 6.10 Å². The van der Waals surface area contributed by atoms with Gasteiger partial charge in [-0.05, 0) is 31.9 Å². The Morgan fingerprint density at radius 3 is 2.94 bits per heavy atom. The van der Waals surface area contributed by atoms with Crippen molar-refractivity contribution in [2.45, 2.75) is 25.9 Å². The first-order valence-electron chi connectivity index (χ1n) is 6.11. The predicted octanol–water partition coefficient (Wildman–Crippen LogP) is 1.77. The Kier molecular flexibility index (Phi) is 4.49. The summed E-state index contributed by atoms with van der Waals surface area (Å²) in [4.78, 5) is 13.9. The molecule has 0 bridgehead atoms. The van der Waals surface area contributed by atoms with Gasteiger partial charge in [0, 0.05) is 19.7 Å². The number of carbonyl (C=O) groups excluding carboxylic acids is 1. The summed E-state index contributed by atoms with van der Waals surface area (Å²) < 4.78 is 5.54. The van der Waals surface area contributed by atoms with Gasteiger partial charge in [0.1, 0.15) is 0 Å². The monoisotopic (exact) mass is 269 g/mol. The van der Waals surface area contributed by atoms with Gasteiger partial charge in [-0.2, -0.15) is 0 Å². The van der Waals surface area contributed by atoms with Crippen molar-refractivity contribution in [1.29, 1.82) is 0 Å². The number of nitrogens with zero attached hydrogens (tertiary/aromatic N) is 3. The molecular formula is C12H16ClN3O2. The molecule has 5 nitrogen and oxygen atoms in total. The van der Waals surface area contributed by atoms with Gasteiger partial charge in [-0.3, -0.25) is 4.79 Å². The molecule has 1 atom stereocenters. The third-order valence-corrected chi connectivity index (χ3v) is 3.17. The molecule has 1 amide bonds. The average molecular weight is 270 g/mol. The summed E-state index contributed by atoms with van der Waals surface area (Å²) in [6.07, 6.45) is 2.22. The van der Waals surface area contributed by atoms with E-state index in [9.17, 15) is 4.79 Å². The Labute approximate surface area is 111 Å². The molecule has 0 radical (unpaired) electrons. The average Bonchev–Trinajstić information content (AvgIpc) is 2.89. The first-order chi connectivity index (χ1) is 8.70. The molecule has 0 aliphatic carbocycles. The van der Waals surface area contributed by atoms with Gasteiger partial charge in [0.2, 0.25) is 0 Å². The van der Waals surface area contributed by atoms with Gasteiger partial charge in [-0.25, -0.2) is 0 Å². The second-order valence-electron chi connectivity index (χ2n) is 4.22. The Morgan fingerprint density at radius 2 is 2.39 bits per heavy atom. The highest BCUT2D eigenvalue weighted by Crippen LogP contribution is 2.14. The van der Waals surface area contributed by atoms with Crippen LogP contribution < -0.4 is 0 Å². The lowest BCUT2D eigenvalue weighted by Gasteiger charge is -2.23. The van der Waals surface area contributed by atoms with Crippen molar-refractivity contribution in [3.05, 3.63) is 23.0 Å². The van der Waals surface area contributed by atoms with Gasteiger partial charge >= 0.3 is 0 Å². The molecule has 1 aliphatic rings. The van der Waals surface area contributed by atoms with Gasteiger partial charge in [-0.1, -0.05) is 11.6 Å². The Balaban J connectivity index is 2.02. The van der Waals surface area contributed by atoms with Crippen LogP contribution in [0.5, 0.6) is 0 Å². The Bertz CT molecular complexity index is 404. The fourth-order valence-corrected chi connectivity index (χ4v) is 2.08. The van der Waals surface area contributed by atoms with Crippen LogP contribution in [0.2, 0.25) is 5.15 Å². The maximum Gasteiger partial charge on any atom is 0.274 e. The number of hydrogen-bond acceptors (Lipinski definition) is 4. The highest BCUT2D eigenvalue weighted by atomic mass is 35.5. The van der Waals surface area contributed by atoms with E-state index < -0.39 is 0 Å². The summed E-state index contributed by atoms with van der Waals surface area (Å²) >= 11 is 5.65. The van der Waals surface area contributed by atoms with Crippen molar-refractivity contribution in [2.24, 2.45) is 0 Å². The van der Waals surface area contributed by atoms with E-state index in [1.807, 2.05) is 6.92 Å². The Hall–Kier alpha value is -1.20. The molecule has 0 spiro atoms. The normalized spacial score (nSPS) is 18.9. The Morgan fingerprint density at radius 1 is 1.56 bits per heavy atom. The number of ether oxygens (including phenoxy) is 1. The van der Waals surface area contributed by atoms with Crippen LogP contribution in [-0.4, -0.2) is 46.8 Å². The van der Waals surface area contributed by atoms with Crippen molar-refractivity contribution >= 4 is 17.5 Å². The minimum atomic E-state index is -0.128. The molecule has 1 aliphatic heterocycles. The van der Waals surface area contributed by atoms with E-state index in [2.05, 4.69) is 10.2 Å². The van der Waals surface area contributed by atoms with Gasteiger partial charge in [0.25, 0.3) is 5.91 Å². The van der Waals surface area contributed by atoms with Crippen LogP contribution in [0.1, 0.15) is 30.3 Å². The zero-order valence-corrected chi connectivity index (χ0v) is 11.1. The molecule has 1 aromatic rings. The first kappa shape index (κ1) is 13.2. The van der Waals surface area contributed by atoms with E-state index in [4.69, 9.17) is 16.3 Å². The highest BCUT2D eigenvalue weighted by molar-refractivity contribution is 6.29. The topological polar surface area (TPSA) is 55.3 Å². The molecule has 1 fully saturated rings. The van der Waals surface area contributed by atoms with E-state index in [0.717, 1.165) is 19.4 Å². The first-order valence-corrected chi connectivity index (χ1v) is 6.48. The van der Waals surface area contributed by atoms with Crippen LogP contribution in [0.3, 0.4) is 0 Å². The third kappa shape index (κ3) is 3.17. The van der Waals surface area contributed by atoms with Crippen LogP contribution in [0.4, 0.5) is 0 Å². The molecule has 1 unspecified atom stereocenters. The summed E-state index contributed by atoms with van der Waals surface area (Å²) in [6.45, 7) is 3.97. The lowest BCUT2D eigenvalue weighted by atomic mass is 10.2. The third-order valence-electron chi connectivity index (χ3n) is 2.97. The van der Waals surface area contributed by atoms with Crippen LogP contribution >= 0.6 is 11.6 Å². The number of carbonyl (C=O) groups is 1.